The zero-order chi connectivity index (χ0) is 11.1. The van der Waals surface area contributed by atoms with Gasteiger partial charge in [-0.15, -0.1) is 0 Å². The molecule has 0 aromatic heterocycles. The Kier molecular flexibility index (Phi) is 6.22. The van der Waals surface area contributed by atoms with E-state index in [1.165, 1.54) is 22.3 Å². The molecule has 0 aliphatic carbocycles. The zero-order valence-electron chi connectivity index (χ0n) is 10.1. The van der Waals surface area contributed by atoms with Gasteiger partial charge in [0.1, 0.15) is 0 Å². The third-order valence-corrected chi connectivity index (χ3v) is 2.62. The summed E-state index contributed by atoms with van der Waals surface area (Å²) in [5, 5.41) is 0. The molecule has 0 aliphatic heterocycles. The molecule has 0 fully saturated rings. The molecule has 0 unspecified atom stereocenters. The average molecular weight is 193 g/mol. The summed E-state index contributed by atoms with van der Waals surface area (Å²) in [4.78, 5) is 0. The summed E-state index contributed by atoms with van der Waals surface area (Å²) >= 11 is 0. The minimum atomic E-state index is 0.819. The molecule has 0 aliphatic rings. The van der Waals surface area contributed by atoms with Crippen molar-refractivity contribution in [3.8, 4) is 0 Å². The summed E-state index contributed by atoms with van der Waals surface area (Å²) in [5.74, 6) is 0. The normalized spacial score (nSPS) is 9.29. The summed E-state index contributed by atoms with van der Waals surface area (Å²) in [6, 6.07) is 4.36. The van der Waals surface area contributed by atoms with Crippen LogP contribution in [0.2, 0.25) is 0 Å². The first-order valence-corrected chi connectivity index (χ1v) is 5.28. The summed E-state index contributed by atoms with van der Waals surface area (Å²) in [5.41, 5.74) is 10.7. The summed E-state index contributed by atoms with van der Waals surface area (Å²) < 4.78 is 0. The second-order valence-electron chi connectivity index (χ2n) is 3.74. The van der Waals surface area contributed by atoms with Gasteiger partial charge >= 0.3 is 0 Å². The molecule has 2 N–H and O–H groups in total. The highest BCUT2D eigenvalue weighted by Crippen LogP contribution is 2.15. The molecule has 0 heterocycles. The number of hydrogen-bond donors (Lipinski definition) is 1. The van der Waals surface area contributed by atoms with Crippen molar-refractivity contribution < 1.29 is 0 Å². The summed E-state index contributed by atoms with van der Waals surface area (Å²) in [6.45, 7) is 11.5. The second-order valence-corrected chi connectivity index (χ2v) is 3.74. The number of hydrogen-bond acceptors (Lipinski definition) is 1. The van der Waals surface area contributed by atoms with Crippen LogP contribution in [0.5, 0.6) is 0 Å². The quantitative estimate of drug-likeness (QED) is 0.727. The smallest absolute Gasteiger partial charge is 0.00799 e. The van der Waals surface area contributed by atoms with Gasteiger partial charge in [-0.3, -0.25) is 0 Å². The van der Waals surface area contributed by atoms with Crippen molar-refractivity contribution >= 4 is 0 Å². The maximum atomic E-state index is 5.03. The van der Waals surface area contributed by atoms with Gasteiger partial charge in [0.25, 0.3) is 0 Å². The van der Waals surface area contributed by atoms with Gasteiger partial charge in [0.05, 0.1) is 0 Å². The van der Waals surface area contributed by atoms with Gasteiger partial charge < -0.3 is 5.73 Å². The van der Waals surface area contributed by atoms with Crippen molar-refractivity contribution in [2.24, 2.45) is 5.73 Å². The van der Waals surface area contributed by atoms with Crippen LogP contribution in [-0.4, -0.2) is 6.54 Å². The highest BCUT2D eigenvalue weighted by molar-refractivity contribution is 5.37. The van der Waals surface area contributed by atoms with E-state index in [2.05, 4.69) is 46.8 Å². The van der Waals surface area contributed by atoms with E-state index >= 15 is 0 Å². The molecule has 1 aromatic rings. The molecular weight excluding hydrogens is 170 g/mol. The maximum Gasteiger partial charge on any atom is -0.00799 e. The first-order valence-electron chi connectivity index (χ1n) is 5.28. The third kappa shape index (κ3) is 3.93. The van der Waals surface area contributed by atoms with Crippen LogP contribution in [0.4, 0.5) is 0 Å². The van der Waals surface area contributed by atoms with E-state index in [9.17, 15) is 0 Å². The minimum Gasteiger partial charge on any atom is -0.330 e. The number of benzene rings is 1. The SMILES string of the molecule is CCCN.Cc1ccc(C)c(C)c1C. The van der Waals surface area contributed by atoms with Crippen molar-refractivity contribution in [2.75, 3.05) is 6.54 Å². The van der Waals surface area contributed by atoms with E-state index < -0.39 is 0 Å². The molecule has 0 atom stereocenters. The van der Waals surface area contributed by atoms with Gasteiger partial charge in [0.2, 0.25) is 0 Å². The van der Waals surface area contributed by atoms with E-state index in [4.69, 9.17) is 5.73 Å². The number of nitrogens with two attached hydrogens (primary N) is 1. The van der Waals surface area contributed by atoms with Crippen molar-refractivity contribution in [1.82, 2.24) is 0 Å². The van der Waals surface area contributed by atoms with Gasteiger partial charge in [-0.2, -0.15) is 0 Å². The lowest BCUT2D eigenvalue weighted by molar-refractivity contribution is 0.932. The highest BCUT2D eigenvalue weighted by atomic mass is 14.5. The van der Waals surface area contributed by atoms with Crippen molar-refractivity contribution in [2.45, 2.75) is 41.0 Å². The molecule has 1 aromatic carbocycles. The molecule has 1 heteroatoms. The van der Waals surface area contributed by atoms with Crippen LogP contribution in [-0.2, 0) is 0 Å². The summed E-state index contributed by atoms with van der Waals surface area (Å²) in [7, 11) is 0. The first kappa shape index (κ1) is 13.2. The van der Waals surface area contributed by atoms with Crippen molar-refractivity contribution in [3.63, 3.8) is 0 Å². The summed E-state index contributed by atoms with van der Waals surface area (Å²) in [6.07, 6.45) is 1.10. The zero-order valence-corrected chi connectivity index (χ0v) is 10.1. The Morgan fingerprint density at radius 1 is 0.929 bits per heavy atom. The van der Waals surface area contributed by atoms with Gasteiger partial charge in [-0.1, -0.05) is 19.1 Å². The number of rotatable bonds is 1. The fourth-order valence-electron chi connectivity index (χ4n) is 1.09. The Bertz CT molecular complexity index is 248. The van der Waals surface area contributed by atoms with Gasteiger partial charge in [0.15, 0.2) is 0 Å². The van der Waals surface area contributed by atoms with Crippen LogP contribution in [0.25, 0.3) is 0 Å². The Balaban J connectivity index is 0.000000364. The predicted octanol–water partition coefficient (Wildman–Crippen LogP) is 3.28. The first-order chi connectivity index (χ1) is 6.54. The third-order valence-electron chi connectivity index (χ3n) is 2.62. The Morgan fingerprint density at radius 2 is 1.21 bits per heavy atom. The molecule has 0 spiro atoms. The lowest BCUT2D eigenvalue weighted by Crippen LogP contribution is -1.93. The van der Waals surface area contributed by atoms with Crippen LogP contribution >= 0.6 is 0 Å². The van der Waals surface area contributed by atoms with E-state index in [1.807, 2.05) is 0 Å². The fourth-order valence-corrected chi connectivity index (χ4v) is 1.09. The van der Waals surface area contributed by atoms with E-state index in [1.54, 1.807) is 0 Å². The molecule has 1 rings (SSSR count). The van der Waals surface area contributed by atoms with Gasteiger partial charge in [-0.05, 0) is 62.9 Å². The van der Waals surface area contributed by atoms with Crippen LogP contribution < -0.4 is 5.73 Å². The molecule has 80 valence electrons. The Morgan fingerprint density at radius 3 is 1.43 bits per heavy atom. The van der Waals surface area contributed by atoms with E-state index in [0.29, 0.717) is 0 Å². The molecule has 0 bridgehead atoms. The number of aryl methyl sites for hydroxylation is 2. The van der Waals surface area contributed by atoms with Crippen LogP contribution in [0.15, 0.2) is 12.1 Å². The minimum absolute atomic E-state index is 0.819. The molecule has 0 amide bonds. The molecule has 0 saturated heterocycles. The monoisotopic (exact) mass is 193 g/mol. The van der Waals surface area contributed by atoms with Crippen molar-refractivity contribution in [3.05, 3.63) is 34.4 Å². The Labute approximate surface area is 88.3 Å². The average Bonchev–Trinajstić information content (AvgIpc) is 2.21. The molecule has 0 radical (unpaired) electrons. The van der Waals surface area contributed by atoms with Crippen LogP contribution in [0, 0.1) is 27.7 Å². The van der Waals surface area contributed by atoms with E-state index in [-0.39, 0.29) is 0 Å². The Hall–Kier alpha value is -0.820. The molecule has 1 nitrogen and oxygen atoms in total. The molecule has 0 saturated carbocycles. The van der Waals surface area contributed by atoms with Gasteiger partial charge in [0, 0.05) is 0 Å². The lowest BCUT2D eigenvalue weighted by Gasteiger charge is -2.06. The van der Waals surface area contributed by atoms with Gasteiger partial charge in [-0.25, -0.2) is 0 Å². The molecule has 14 heavy (non-hydrogen) atoms. The highest BCUT2D eigenvalue weighted by Gasteiger charge is 1.97. The fraction of sp³-hybridized carbons (Fsp3) is 0.538. The van der Waals surface area contributed by atoms with Crippen LogP contribution in [0.1, 0.15) is 35.6 Å². The maximum absolute atomic E-state index is 5.03. The predicted molar refractivity (Wildman–Crippen MR) is 64.7 cm³/mol. The largest absolute Gasteiger partial charge is 0.330 e. The van der Waals surface area contributed by atoms with Crippen LogP contribution in [0.3, 0.4) is 0 Å². The standard InChI is InChI=1S/C10H14.C3H9N/c1-7-5-6-8(2)10(4)9(7)3;1-2-3-4/h5-6H,1-4H3;2-4H2,1H3. The topological polar surface area (TPSA) is 26.0 Å². The lowest BCUT2D eigenvalue weighted by atomic mass is 10.0. The second kappa shape index (κ2) is 6.61. The van der Waals surface area contributed by atoms with E-state index in [0.717, 1.165) is 13.0 Å². The molecular formula is C13H23N. The van der Waals surface area contributed by atoms with Crippen molar-refractivity contribution in [1.29, 1.82) is 0 Å².